The zero-order valence-corrected chi connectivity index (χ0v) is 12.6. The van der Waals surface area contributed by atoms with Crippen LogP contribution in [0, 0.1) is 0 Å². The summed E-state index contributed by atoms with van der Waals surface area (Å²) in [7, 11) is 1.55. The van der Waals surface area contributed by atoms with Crippen LogP contribution in [0.15, 0.2) is 21.1 Å². The highest BCUT2D eigenvalue weighted by atomic mass is 79.9. The van der Waals surface area contributed by atoms with Gasteiger partial charge >= 0.3 is 0 Å². The second-order valence-electron chi connectivity index (χ2n) is 4.36. The molecule has 0 N–H and O–H groups in total. The van der Waals surface area contributed by atoms with Gasteiger partial charge in [0.25, 0.3) is 0 Å². The van der Waals surface area contributed by atoms with Gasteiger partial charge in [-0.3, -0.25) is 0 Å². The van der Waals surface area contributed by atoms with Crippen LogP contribution in [0.1, 0.15) is 26.3 Å². The Hall–Kier alpha value is -0.590. The van der Waals surface area contributed by atoms with Crippen molar-refractivity contribution < 1.29 is 9.29 Å². The van der Waals surface area contributed by atoms with E-state index >= 15 is 0 Å². The van der Waals surface area contributed by atoms with E-state index in [4.69, 9.17) is 4.74 Å². The van der Waals surface area contributed by atoms with E-state index in [1.54, 1.807) is 19.5 Å². The number of aromatic nitrogens is 1. The predicted molar refractivity (Wildman–Crippen MR) is 74.0 cm³/mol. The molecule has 0 amide bonds. The number of rotatable bonds is 3. The van der Waals surface area contributed by atoms with E-state index in [1.165, 1.54) is 0 Å². The molecule has 94 valence electrons. The summed E-state index contributed by atoms with van der Waals surface area (Å²) in [5, 5.41) is 0. The summed E-state index contributed by atoms with van der Waals surface area (Å²) >= 11 is 2.07. The maximum Gasteiger partial charge on any atom is 0.227 e. The lowest BCUT2D eigenvalue weighted by molar-refractivity contribution is 0.395. The van der Waals surface area contributed by atoms with Gasteiger partial charge in [0.15, 0.2) is 0 Å². The fourth-order valence-corrected chi connectivity index (χ4v) is 1.99. The SMILES string of the molecule is COc1ncc(C=N[S+]([O-])C(C)(C)C)cc1Br. The van der Waals surface area contributed by atoms with Gasteiger partial charge in [0.05, 0.1) is 17.8 Å². The van der Waals surface area contributed by atoms with Gasteiger partial charge in [-0.1, -0.05) is 4.40 Å². The first-order chi connectivity index (χ1) is 7.84. The molecule has 0 bridgehead atoms. The summed E-state index contributed by atoms with van der Waals surface area (Å²) in [4.78, 5) is 4.08. The zero-order chi connectivity index (χ0) is 13.1. The van der Waals surface area contributed by atoms with Crippen LogP contribution in [0.5, 0.6) is 5.88 Å². The fourth-order valence-electron chi connectivity index (χ4n) is 0.928. The Balaban J connectivity index is 2.82. The van der Waals surface area contributed by atoms with Gasteiger partial charge < -0.3 is 9.29 Å². The number of pyridine rings is 1. The second-order valence-corrected chi connectivity index (χ2v) is 7.14. The number of nitrogens with zero attached hydrogens (tertiary/aromatic N) is 2. The molecule has 0 aliphatic heterocycles. The number of hydrogen-bond acceptors (Lipinski definition) is 4. The molecule has 1 atom stereocenters. The van der Waals surface area contributed by atoms with Crippen molar-refractivity contribution in [3.63, 3.8) is 0 Å². The molecule has 0 radical (unpaired) electrons. The molecule has 0 aliphatic rings. The molecule has 0 aromatic carbocycles. The molecule has 6 heteroatoms. The molecule has 1 unspecified atom stereocenters. The molecule has 17 heavy (non-hydrogen) atoms. The summed E-state index contributed by atoms with van der Waals surface area (Å²) < 4.78 is 21.1. The molecule has 1 rings (SSSR count). The van der Waals surface area contributed by atoms with Crippen molar-refractivity contribution in [2.24, 2.45) is 4.40 Å². The molecule has 0 saturated carbocycles. The molecular weight excluding hydrogens is 304 g/mol. The standard InChI is InChI=1S/C11H15BrN2O2S/c1-11(2,3)17(15)14-7-8-5-9(12)10(16-4)13-6-8/h5-7H,1-4H3. The van der Waals surface area contributed by atoms with Crippen LogP contribution in [-0.2, 0) is 11.4 Å². The minimum atomic E-state index is -1.26. The second kappa shape index (κ2) is 5.84. The van der Waals surface area contributed by atoms with E-state index in [-0.39, 0.29) is 4.75 Å². The highest BCUT2D eigenvalue weighted by Crippen LogP contribution is 2.22. The van der Waals surface area contributed by atoms with Crippen molar-refractivity contribution in [2.45, 2.75) is 25.5 Å². The van der Waals surface area contributed by atoms with E-state index in [9.17, 15) is 4.55 Å². The van der Waals surface area contributed by atoms with Crippen molar-refractivity contribution in [2.75, 3.05) is 7.11 Å². The number of methoxy groups -OCH3 is 1. The van der Waals surface area contributed by atoms with Crippen LogP contribution in [0.2, 0.25) is 0 Å². The minimum absolute atomic E-state index is 0.354. The van der Waals surface area contributed by atoms with E-state index < -0.39 is 11.4 Å². The van der Waals surface area contributed by atoms with E-state index in [0.717, 1.165) is 10.0 Å². The van der Waals surface area contributed by atoms with E-state index in [0.29, 0.717) is 5.88 Å². The lowest BCUT2D eigenvalue weighted by atomic mass is 10.3. The van der Waals surface area contributed by atoms with Crippen LogP contribution < -0.4 is 4.74 Å². The highest BCUT2D eigenvalue weighted by Gasteiger charge is 2.25. The Morgan fingerprint density at radius 1 is 1.53 bits per heavy atom. The topological polar surface area (TPSA) is 57.5 Å². The predicted octanol–water partition coefficient (Wildman–Crippen LogP) is 2.73. The fraction of sp³-hybridized carbons (Fsp3) is 0.455. The van der Waals surface area contributed by atoms with Crippen LogP contribution in [0.4, 0.5) is 0 Å². The maximum absolute atomic E-state index is 11.7. The van der Waals surface area contributed by atoms with Crippen LogP contribution >= 0.6 is 15.9 Å². The minimum Gasteiger partial charge on any atom is -0.591 e. The normalized spacial score (nSPS) is 14.0. The molecule has 1 heterocycles. The highest BCUT2D eigenvalue weighted by molar-refractivity contribution is 9.10. The van der Waals surface area contributed by atoms with Crippen molar-refractivity contribution in [3.8, 4) is 5.88 Å². The molecule has 0 aliphatic carbocycles. The van der Waals surface area contributed by atoms with Crippen LogP contribution in [-0.4, -0.2) is 27.6 Å². The van der Waals surface area contributed by atoms with E-state index in [2.05, 4.69) is 25.3 Å². The summed E-state index contributed by atoms with van der Waals surface area (Å²) in [6, 6.07) is 1.81. The quantitative estimate of drug-likeness (QED) is 0.636. The molecule has 0 spiro atoms. The monoisotopic (exact) mass is 318 g/mol. The van der Waals surface area contributed by atoms with E-state index in [1.807, 2.05) is 26.8 Å². The summed E-state index contributed by atoms with van der Waals surface area (Å²) in [6.07, 6.45) is 3.17. The van der Waals surface area contributed by atoms with Gasteiger partial charge in [0.1, 0.15) is 16.1 Å². The van der Waals surface area contributed by atoms with Gasteiger partial charge in [-0.15, -0.1) is 0 Å². The van der Waals surface area contributed by atoms with Crippen molar-refractivity contribution >= 4 is 33.5 Å². The maximum atomic E-state index is 11.7. The van der Waals surface area contributed by atoms with Gasteiger partial charge in [-0.05, 0) is 42.8 Å². The summed E-state index contributed by atoms with van der Waals surface area (Å²) in [5.74, 6) is 0.513. The molecule has 1 aromatic heterocycles. The molecular formula is C11H15BrN2O2S. The van der Waals surface area contributed by atoms with Crippen LogP contribution in [0.3, 0.4) is 0 Å². The molecule has 4 nitrogen and oxygen atoms in total. The van der Waals surface area contributed by atoms with Gasteiger partial charge in [-0.25, -0.2) is 4.98 Å². The van der Waals surface area contributed by atoms with Crippen LogP contribution in [0.25, 0.3) is 0 Å². The average Bonchev–Trinajstić information content (AvgIpc) is 2.24. The smallest absolute Gasteiger partial charge is 0.227 e. The number of ether oxygens (including phenoxy) is 1. The third-order valence-corrected chi connectivity index (χ3v) is 3.76. The third-order valence-electron chi connectivity index (χ3n) is 1.84. The molecule has 1 aromatic rings. The summed E-state index contributed by atoms with van der Waals surface area (Å²) in [6.45, 7) is 5.63. The van der Waals surface area contributed by atoms with Crippen molar-refractivity contribution in [1.82, 2.24) is 4.98 Å². The Morgan fingerprint density at radius 3 is 2.65 bits per heavy atom. The first kappa shape index (κ1) is 14.5. The van der Waals surface area contributed by atoms with Crippen molar-refractivity contribution in [3.05, 3.63) is 22.3 Å². The number of halogens is 1. The van der Waals surface area contributed by atoms with Gasteiger partial charge in [-0.2, -0.15) is 0 Å². The van der Waals surface area contributed by atoms with Gasteiger partial charge in [0.2, 0.25) is 5.88 Å². The zero-order valence-electron chi connectivity index (χ0n) is 10.2. The molecule has 0 saturated heterocycles. The Labute approximate surface area is 113 Å². The first-order valence-electron chi connectivity index (χ1n) is 5.00. The Kier molecular flexibility index (Phi) is 4.97. The van der Waals surface area contributed by atoms with Crippen molar-refractivity contribution in [1.29, 1.82) is 0 Å². The van der Waals surface area contributed by atoms with Gasteiger partial charge in [0, 0.05) is 11.8 Å². The average molecular weight is 319 g/mol. The largest absolute Gasteiger partial charge is 0.591 e. The lowest BCUT2D eigenvalue weighted by Gasteiger charge is -2.17. The number of hydrogen-bond donors (Lipinski definition) is 0. The third kappa shape index (κ3) is 4.29. The Bertz CT molecular complexity index is 418. The lowest BCUT2D eigenvalue weighted by Crippen LogP contribution is -2.25. The molecule has 0 fully saturated rings. The first-order valence-corrected chi connectivity index (χ1v) is 6.90. The Morgan fingerprint density at radius 2 is 2.18 bits per heavy atom. The summed E-state index contributed by atoms with van der Waals surface area (Å²) in [5.41, 5.74) is 0.773.